The Balaban J connectivity index is 1.62. The Morgan fingerprint density at radius 2 is 1.96 bits per heavy atom. The van der Waals surface area contributed by atoms with Gasteiger partial charge in [0, 0.05) is 16.9 Å². The van der Waals surface area contributed by atoms with E-state index in [1.807, 2.05) is 30.3 Å². The first-order valence-corrected chi connectivity index (χ1v) is 8.20. The quantitative estimate of drug-likeness (QED) is 0.674. The van der Waals surface area contributed by atoms with E-state index in [-0.39, 0.29) is 5.82 Å². The smallest absolute Gasteiger partial charge is 0.236 e. The average Bonchev–Trinajstić information content (AvgIpc) is 3.05. The predicted octanol–water partition coefficient (Wildman–Crippen LogP) is 4.32. The van der Waals surface area contributed by atoms with Gasteiger partial charge in [-0.25, -0.2) is 4.39 Å². The molecule has 0 atom stereocenters. The van der Waals surface area contributed by atoms with Crippen LogP contribution in [0.25, 0.3) is 11.4 Å². The molecule has 0 aliphatic carbocycles. The van der Waals surface area contributed by atoms with Gasteiger partial charge in [-0.1, -0.05) is 35.5 Å². The van der Waals surface area contributed by atoms with Crippen molar-refractivity contribution in [2.45, 2.75) is 11.5 Å². The van der Waals surface area contributed by atoms with Crippen molar-refractivity contribution in [3.63, 3.8) is 0 Å². The molecule has 1 aromatic heterocycles. The van der Waals surface area contributed by atoms with E-state index in [2.05, 4.69) is 10.1 Å². The van der Waals surface area contributed by atoms with Crippen LogP contribution in [-0.4, -0.2) is 17.3 Å². The highest BCUT2D eigenvalue weighted by molar-refractivity contribution is 7.97. The number of rotatable bonds is 6. The van der Waals surface area contributed by atoms with Crippen molar-refractivity contribution >= 4 is 11.8 Å². The monoisotopic (exact) mass is 330 g/mol. The van der Waals surface area contributed by atoms with E-state index >= 15 is 0 Å². The third kappa shape index (κ3) is 3.90. The molecule has 23 heavy (non-hydrogen) atoms. The summed E-state index contributed by atoms with van der Waals surface area (Å²) < 4.78 is 23.8. The van der Waals surface area contributed by atoms with Gasteiger partial charge >= 0.3 is 0 Å². The van der Waals surface area contributed by atoms with Crippen LogP contribution in [0.1, 0.15) is 11.5 Å². The van der Waals surface area contributed by atoms with Gasteiger partial charge in [0.15, 0.2) is 0 Å². The third-order valence-corrected chi connectivity index (χ3v) is 4.19. The zero-order valence-electron chi connectivity index (χ0n) is 12.5. The van der Waals surface area contributed by atoms with Crippen LogP contribution in [0.5, 0.6) is 5.75 Å². The molecule has 1 heterocycles. The molecule has 0 spiro atoms. The highest BCUT2D eigenvalue weighted by atomic mass is 32.2. The first kappa shape index (κ1) is 15.6. The summed E-state index contributed by atoms with van der Waals surface area (Å²) in [7, 11) is 1.57. The van der Waals surface area contributed by atoms with Crippen molar-refractivity contribution in [3.05, 3.63) is 65.8 Å². The van der Waals surface area contributed by atoms with E-state index in [0.29, 0.717) is 29.0 Å². The molecule has 0 aliphatic rings. The molecular formula is C17H15FN2O2S. The number of nitrogens with zero attached hydrogens (tertiary/aromatic N) is 2. The molecule has 4 nitrogen and oxygen atoms in total. The molecule has 0 aliphatic heterocycles. The largest absolute Gasteiger partial charge is 0.496 e. The molecule has 0 fully saturated rings. The molecule has 0 radical (unpaired) electrons. The summed E-state index contributed by atoms with van der Waals surface area (Å²) in [5, 5.41) is 3.98. The zero-order valence-corrected chi connectivity index (χ0v) is 13.3. The van der Waals surface area contributed by atoms with Crippen LogP contribution in [0.4, 0.5) is 4.39 Å². The van der Waals surface area contributed by atoms with E-state index in [9.17, 15) is 4.39 Å². The Labute approximate surface area is 137 Å². The van der Waals surface area contributed by atoms with Crippen LogP contribution in [0.2, 0.25) is 0 Å². The lowest BCUT2D eigenvalue weighted by Gasteiger charge is -2.07. The number of ether oxygens (including phenoxy) is 1. The first-order valence-electron chi connectivity index (χ1n) is 7.04. The fraction of sp³-hybridized carbons (Fsp3) is 0.176. The number of hydrogen-bond donors (Lipinski definition) is 0. The van der Waals surface area contributed by atoms with E-state index in [1.165, 1.54) is 12.1 Å². The van der Waals surface area contributed by atoms with Crippen LogP contribution in [0, 0.1) is 5.82 Å². The molecule has 0 saturated carbocycles. The van der Waals surface area contributed by atoms with E-state index in [4.69, 9.17) is 9.26 Å². The normalized spacial score (nSPS) is 10.7. The fourth-order valence-corrected chi connectivity index (χ4v) is 2.97. The summed E-state index contributed by atoms with van der Waals surface area (Å²) in [6, 6.07) is 14.1. The minimum Gasteiger partial charge on any atom is -0.496 e. The molecular weight excluding hydrogens is 315 g/mol. The van der Waals surface area contributed by atoms with Gasteiger partial charge < -0.3 is 9.26 Å². The van der Waals surface area contributed by atoms with E-state index < -0.39 is 0 Å². The van der Waals surface area contributed by atoms with Crippen molar-refractivity contribution < 1.29 is 13.7 Å². The first-order chi connectivity index (χ1) is 11.3. The van der Waals surface area contributed by atoms with Crippen molar-refractivity contribution in [3.8, 4) is 17.1 Å². The zero-order chi connectivity index (χ0) is 16.1. The lowest BCUT2D eigenvalue weighted by Crippen LogP contribution is -1.92. The average molecular weight is 330 g/mol. The summed E-state index contributed by atoms with van der Waals surface area (Å²) in [5.41, 5.74) is 1.72. The minimum absolute atomic E-state index is 0.273. The maximum absolute atomic E-state index is 13.3. The van der Waals surface area contributed by atoms with Gasteiger partial charge in [0.05, 0.1) is 12.9 Å². The molecule has 0 amide bonds. The maximum Gasteiger partial charge on any atom is 0.236 e. The predicted molar refractivity (Wildman–Crippen MR) is 87.7 cm³/mol. The second-order valence-electron chi connectivity index (χ2n) is 4.83. The van der Waals surface area contributed by atoms with Gasteiger partial charge in [-0.15, -0.1) is 11.8 Å². The Morgan fingerprint density at radius 1 is 1.13 bits per heavy atom. The number of hydrogen-bond acceptors (Lipinski definition) is 5. The van der Waals surface area contributed by atoms with Crippen LogP contribution < -0.4 is 4.74 Å². The summed E-state index contributed by atoms with van der Waals surface area (Å²) in [5.74, 6) is 2.68. The summed E-state index contributed by atoms with van der Waals surface area (Å²) in [4.78, 5) is 4.37. The van der Waals surface area contributed by atoms with Crippen molar-refractivity contribution in [1.29, 1.82) is 0 Å². The molecule has 0 unspecified atom stereocenters. The summed E-state index contributed by atoms with van der Waals surface area (Å²) in [6.07, 6.45) is 0. The fourth-order valence-electron chi connectivity index (χ4n) is 2.13. The number of benzene rings is 2. The number of aromatic nitrogens is 2. The van der Waals surface area contributed by atoms with Gasteiger partial charge in [-0.05, 0) is 18.2 Å². The molecule has 3 rings (SSSR count). The van der Waals surface area contributed by atoms with Crippen molar-refractivity contribution in [2.24, 2.45) is 0 Å². The number of halogens is 1. The Bertz CT molecular complexity index is 777. The summed E-state index contributed by atoms with van der Waals surface area (Å²) in [6.45, 7) is 0. The minimum atomic E-state index is -0.273. The summed E-state index contributed by atoms with van der Waals surface area (Å²) >= 11 is 1.56. The van der Waals surface area contributed by atoms with Gasteiger partial charge in [0.2, 0.25) is 11.7 Å². The van der Waals surface area contributed by atoms with Crippen LogP contribution in [-0.2, 0) is 11.5 Å². The highest BCUT2D eigenvalue weighted by Gasteiger charge is 2.10. The number of thioether (sulfide) groups is 1. The molecule has 6 heteroatoms. The van der Waals surface area contributed by atoms with Crippen LogP contribution in [0.15, 0.2) is 53.1 Å². The Morgan fingerprint density at radius 3 is 2.74 bits per heavy atom. The van der Waals surface area contributed by atoms with Gasteiger partial charge in [0.1, 0.15) is 11.6 Å². The lowest BCUT2D eigenvalue weighted by molar-refractivity contribution is 0.391. The van der Waals surface area contributed by atoms with Gasteiger partial charge in [0.25, 0.3) is 0 Å². The van der Waals surface area contributed by atoms with E-state index in [0.717, 1.165) is 11.1 Å². The van der Waals surface area contributed by atoms with Crippen molar-refractivity contribution in [1.82, 2.24) is 10.1 Å². The van der Waals surface area contributed by atoms with Crippen molar-refractivity contribution in [2.75, 3.05) is 7.11 Å². The second kappa shape index (κ2) is 7.28. The topological polar surface area (TPSA) is 48.2 Å². The Kier molecular flexibility index (Phi) is 4.92. The molecule has 0 bridgehead atoms. The standard InChI is InChI=1S/C17H15FN2O2S/c1-21-15-8-7-14(18)9-13(15)10-23-11-16-19-17(20-22-16)12-5-3-2-4-6-12/h2-9H,10-11H2,1H3. The van der Waals surface area contributed by atoms with Crippen LogP contribution in [0.3, 0.4) is 0 Å². The molecule has 0 N–H and O–H groups in total. The van der Waals surface area contributed by atoms with E-state index in [1.54, 1.807) is 24.9 Å². The maximum atomic E-state index is 13.3. The van der Waals surface area contributed by atoms with Gasteiger partial charge in [-0.2, -0.15) is 4.98 Å². The number of methoxy groups -OCH3 is 1. The molecule has 2 aromatic carbocycles. The van der Waals surface area contributed by atoms with Crippen LogP contribution >= 0.6 is 11.8 Å². The highest BCUT2D eigenvalue weighted by Crippen LogP contribution is 2.26. The SMILES string of the molecule is COc1ccc(F)cc1CSCc1nc(-c2ccccc2)no1. The molecule has 118 valence electrons. The lowest BCUT2D eigenvalue weighted by atomic mass is 10.2. The third-order valence-electron chi connectivity index (χ3n) is 3.23. The second-order valence-corrected chi connectivity index (χ2v) is 5.81. The Hall–Kier alpha value is -2.34. The molecule has 3 aromatic rings. The molecule has 0 saturated heterocycles. The van der Waals surface area contributed by atoms with Gasteiger partial charge in [-0.3, -0.25) is 0 Å².